The van der Waals surface area contributed by atoms with Crippen molar-refractivity contribution in [2.75, 3.05) is 13.1 Å². The van der Waals surface area contributed by atoms with E-state index >= 15 is 0 Å². The molecule has 1 aliphatic heterocycles. The van der Waals surface area contributed by atoms with E-state index in [1.165, 1.54) is 6.42 Å². The second kappa shape index (κ2) is 5.74. The molecule has 1 fully saturated rings. The number of hydrogen-bond acceptors (Lipinski definition) is 2. The van der Waals surface area contributed by atoms with Crippen molar-refractivity contribution in [3.8, 4) is 5.75 Å². The van der Waals surface area contributed by atoms with Crippen LogP contribution in [0.15, 0.2) is 24.3 Å². The van der Waals surface area contributed by atoms with Gasteiger partial charge in [-0.05, 0) is 43.1 Å². The van der Waals surface area contributed by atoms with Crippen LogP contribution in [0, 0.1) is 11.8 Å². The van der Waals surface area contributed by atoms with E-state index in [4.69, 9.17) is 16.3 Å². The third-order valence-corrected chi connectivity index (χ3v) is 3.56. The molecule has 0 amide bonds. The van der Waals surface area contributed by atoms with E-state index in [2.05, 4.69) is 19.2 Å². The van der Waals surface area contributed by atoms with Crippen molar-refractivity contribution in [3.63, 3.8) is 0 Å². The fraction of sp³-hybridized carbons (Fsp3) is 0.571. The van der Waals surface area contributed by atoms with Crippen molar-refractivity contribution >= 4 is 11.6 Å². The van der Waals surface area contributed by atoms with Gasteiger partial charge in [0.2, 0.25) is 0 Å². The minimum atomic E-state index is 0.283. The van der Waals surface area contributed by atoms with Gasteiger partial charge in [-0.1, -0.05) is 25.4 Å². The quantitative estimate of drug-likeness (QED) is 0.889. The Balaban J connectivity index is 2.04. The van der Waals surface area contributed by atoms with Gasteiger partial charge in [0, 0.05) is 17.5 Å². The highest BCUT2D eigenvalue weighted by molar-refractivity contribution is 6.30. The van der Waals surface area contributed by atoms with Gasteiger partial charge in [-0.15, -0.1) is 0 Å². The first-order valence-corrected chi connectivity index (χ1v) is 6.67. The Kier molecular flexibility index (Phi) is 4.30. The summed E-state index contributed by atoms with van der Waals surface area (Å²) in [5.74, 6) is 2.06. The lowest BCUT2D eigenvalue weighted by Crippen LogP contribution is -2.33. The summed E-state index contributed by atoms with van der Waals surface area (Å²) in [6.07, 6.45) is 1.49. The molecule has 0 spiro atoms. The largest absolute Gasteiger partial charge is 0.490 e. The van der Waals surface area contributed by atoms with Crippen molar-refractivity contribution in [1.29, 1.82) is 0 Å². The van der Waals surface area contributed by atoms with Crippen LogP contribution in [0.3, 0.4) is 0 Å². The molecular weight excluding hydrogens is 234 g/mol. The summed E-state index contributed by atoms with van der Waals surface area (Å²) in [4.78, 5) is 0. The van der Waals surface area contributed by atoms with Crippen LogP contribution in [0.2, 0.25) is 5.02 Å². The van der Waals surface area contributed by atoms with Crippen LogP contribution in [-0.2, 0) is 0 Å². The van der Waals surface area contributed by atoms with Crippen LogP contribution in [0.5, 0.6) is 5.75 Å². The van der Waals surface area contributed by atoms with Crippen LogP contribution < -0.4 is 10.1 Å². The molecule has 1 aromatic carbocycles. The van der Waals surface area contributed by atoms with Gasteiger partial charge in [0.25, 0.3) is 0 Å². The smallest absolute Gasteiger partial charge is 0.119 e. The highest BCUT2D eigenvalue weighted by Gasteiger charge is 2.28. The Bertz CT molecular complexity index is 344. The molecule has 1 aliphatic rings. The van der Waals surface area contributed by atoms with E-state index in [9.17, 15) is 0 Å². The molecule has 1 aromatic rings. The third kappa shape index (κ3) is 3.36. The highest BCUT2D eigenvalue weighted by atomic mass is 35.5. The fourth-order valence-electron chi connectivity index (χ4n) is 2.40. The Hall–Kier alpha value is -0.730. The van der Waals surface area contributed by atoms with Crippen LogP contribution in [0.1, 0.15) is 20.3 Å². The molecule has 2 atom stereocenters. The molecule has 94 valence electrons. The standard InChI is InChI=1S/C14H20ClNO/c1-10(2)14(11-7-8-16-9-11)17-13-5-3-12(15)4-6-13/h3-6,10-11,14,16H,7-9H2,1-2H3/t11-,14+/m0/s1. The molecule has 0 aromatic heterocycles. The van der Waals surface area contributed by atoms with Crippen molar-refractivity contribution < 1.29 is 4.74 Å². The second-order valence-corrected chi connectivity index (χ2v) is 5.47. The Morgan fingerprint density at radius 2 is 2.00 bits per heavy atom. The third-order valence-electron chi connectivity index (χ3n) is 3.31. The van der Waals surface area contributed by atoms with Gasteiger partial charge in [-0.25, -0.2) is 0 Å². The summed E-state index contributed by atoms with van der Waals surface area (Å²) in [6, 6.07) is 7.64. The van der Waals surface area contributed by atoms with Gasteiger partial charge in [-0.3, -0.25) is 0 Å². The fourth-order valence-corrected chi connectivity index (χ4v) is 2.53. The summed E-state index contributed by atoms with van der Waals surface area (Å²) >= 11 is 5.87. The Morgan fingerprint density at radius 3 is 2.53 bits per heavy atom. The normalized spacial score (nSPS) is 21.8. The second-order valence-electron chi connectivity index (χ2n) is 5.03. The first-order valence-electron chi connectivity index (χ1n) is 6.30. The van der Waals surface area contributed by atoms with E-state index < -0.39 is 0 Å². The minimum absolute atomic E-state index is 0.283. The molecule has 1 N–H and O–H groups in total. The van der Waals surface area contributed by atoms with E-state index in [-0.39, 0.29) is 6.10 Å². The maximum atomic E-state index is 6.12. The minimum Gasteiger partial charge on any atom is -0.490 e. The molecular formula is C14H20ClNO. The molecule has 2 nitrogen and oxygen atoms in total. The molecule has 0 aliphatic carbocycles. The first-order chi connectivity index (χ1) is 8.16. The molecule has 3 heteroatoms. The lowest BCUT2D eigenvalue weighted by Gasteiger charge is -2.27. The van der Waals surface area contributed by atoms with Gasteiger partial charge in [0.1, 0.15) is 11.9 Å². The van der Waals surface area contributed by atoms with Crippen molar-refractivity contribution in [2.24, 2.45) is 11.8 Å². The topological polar surface area (TPSA) is 21.3 Å². The van der Waals surface area contributed by atoms with Crippen molar-refractivity contribution in [1.82, 2.24) is 5.32 Å². The zero-order valence-corrected chi connectivity index (χ0v) is 11.2. The molecule has 0 saturated carbocycles. The van der Waals surface area contributed by atoms with Gasteiger partial charge < -0.3 is 10.1 Å². The molecule has 0 bridgehead atoms. The summed E-state index contributed by atoms with van der Waals surface area (Å²) in [7, 11) is 0. The zero-order valence-electron chi connectivity index (χ0n) is 10.4. The lowest BCUT2D eigenvalue weighted by atomic mass is 9.92. The number of ether oxygens (including phenoxy) is 1. The van der Waals surface area contributed by atoms with Crippen LogP contribution in [-0.4, -0.2) is 19.2 Å². The van der Waals surface area contributed by atoms with Crippen molar-refractivity contribution in [2.45, 2.75) is 26.4 Å². The van der Waals surface area contributed by atoms with E-state index in [1.807, 2.05) is 24.3 Å². The van der Waals surface area contributed by atoms with Gasteiger partial charge >= 0.3 is 0 Å². The number of nitrogens with one attached hydrogen (secondary N) is 1. The monoisotopic (exact) mass is 253 g/mol. The Labute approximate surface area is 108 Å². The molecule has 2 rings (SSSR count). The molecule has 1 saturated heterocycles. The number of benzene rings is 1. The molecule has 0 radical (unpaired) electrons. The number of rotatable bonds is 4. The summed E-state index contributed by atoms with van der Waals surface area (Å²) in [6.45, 7) is 6.62. The SMILES string of the molecule is CC(C)[C@@H](Oc1ccc(Cl)cc1)[C@H]1CCNC1. The Morgan fingerprint density at radius 1 is 1.29 bits per heavy atom. The molecule has 0 unspecified atom stereocenters. The number of halogens is 1. The van der Waals surface area contributed by atoms with Gasteiger partial charge in [-0.2, -0.15) is 0 Å². The highest BCUT2D eigenvalue weighted by Crippen LogP contribution is 2.25. The van der Waals surface area contributed by atoms with Gasteiger partial charge in [0.15, 0.2) is 0 Å². The maximum Gasteiger partial charge on any atom is 0.119 e. The van der Waals surface area contributed by atoms with Gasteiger partial charge in [0.05, 0.1) is 0 Å². The summed E-state index contributed by atoms with van der Waals surface area (Å²) in [5, 5.41) is 4.15. The average molecular weight is 254 g/mol. The number of hydrogen-bond donors (Lipinski definition) is 1. The molecule has 17 heavy (non-hydrogen) atoms. The predicted octanol–water partition coefficient (Wildman–Crippen LogP) is 3.35. The van der Waals surface area contributed by atoms with E-state index in [0.717, 1.165) is 23.9 Å². The summed E-state index contributed by atoms with van der Waals surface area (Å²) in [5.41, 5.74) is 0. The van der Waals surface area contributed by atoms with E-state index in [0.29, 0.717) is 11.8 Å². The summed E-state index contributed by atoms with van der Waals surface area (Å²) < 4.78 is 6.12. The predicted molar refractivity (Wildman–Crippen MR) is 71.7 cm³/mol. The average Bonchev–Trinajstić information content (AvgIpc) is 2.81. The van der Waals surface area contributed by atoms with E-state index in [1.54, 1.807) is 0 Å². The zero-order chi connectivity index (χ0) is 12.3. The van der Waals surface area contributed by atoms with Crippen LogP contribution >= 0.6 is 11.6 Å². The maximum absolute atomic E-state index is 6.12. The van der Waals surface area contributed by atoms with Crippen molar-refractivity contribution in [3.05, 3.63) is 29.3 Å². The molecule has 1 heterocycles. The van der Waals surface area contributed by atoms with Crippen LogP contribution in [0.4, 0.5) is 0 Å². The van der Waals surface area contributed by atoms with Crippen LogP contribution in [0.25, 0.3) is 0 Å². The lowest BCUT2D eigenvalue weighted by molar-refractivity contribution is 0.0973. The first kappa shape index (κ1) is 12.7.